The highest BCUT2D eigenvalue weighted by Crippen LogP contribution is 2.31. The molecule has 1 fully saturated rings. The fourth-order valence-electron chi connectivity index (χ4n) is 1.76. The van der Waals surface area contributed by atoms with E-state index in [0.29, 0.717) is 18.4 Å². The number of aromatic nitrogens is 1. The lowest BCUT2D eigenvalue weighted by Gasteiger charge is -2.39. The minimum Gasteiger partial charge on any atom is -0.368 e. The summed E-state index contributed by atoms with van der Waals surface area (Å²) < 4.78 is 0. The summed E-state index contributed by atoms with van der Waals surface area (Å²) in [6, 6.07) is 3.20. The number of amides is 2. The van der Waals surface area contributed by atoms with Gasteiger partial charge in [0.15, 0.2) is 0 Å². The Morgan fingerprint density at radius 2 is 1.94 bits per heavy atom. The lowest BCUT2D eigenvalue weighted by molar-refractivity contribution is -0.127. The predicted octanol–water partition coefficient (Wildman–Crippen LogP) is 0.219. The first-order chi connectivity index (χ1) is 7.64. The summed E-state index contributed by atoms with van der Waals surface area (Å²) >= 11 is 0. The zero-order chi connectivity index (χ0) is 11.6. The highest BCUT2D eigenvalue weighted by Gasteiger charge is 2.43. The van der Waals surface area contributed by atoms with E-state index in [0.717, 1.165) is 6.42 Å². The van der Waals surface area contributed by atoms with Gasteiger partial charge < -0.3 is 11.1 Å². The summed E-state index contributed by atoms with van der Waals surface area (Å²) in [5.74, 6) is -0.734. The van der Waals surface area contributed by atoms with Crippen LogP contribution in [0.5, 0.6) is 0 Å². The average molecular weight is 219 g/mol. The quantitative estimate of drug-likeness (QED) is 0.762. The molecule has 0 atom stereocenters. The number of carbonyl (C=O) groups is 2. The zero-order valence-corrected chi connectivity index (χ0v) is 8.77. The van der Waals surface area contributed by atoms with Crippen molar-refractivity contribution in [1.29, 1.82) is 0 Å². The topological polar surface area (TPSA) is 85.1 Å². The molecule has 5 nitrogen and oxygen atoms in total. The van der Waals surface area contributed by atoms with Gasteiger partial charge in [-0.3, -0.25) is 14.6 Å². The van der Waals surface area contributed by atoms with Gasteiger partial charge in [-0.25, -0.2) is 0 Å². The van der Waals surface area contributed by atoms with Gasteiger partial charge >= 0.3 is 0 Å². The van der Waals surface area contributed by atoms with E-state index >= 15 is 0 Å². The van der Waals surface area contributed by atoms with Gasteiger partial charge in [-0.1, -0.05) is 0 Å². The maximum absolute atomic E-state index is 11.8. The molecule has 3 N–H and O–H groups in total. The van der Waals surface area contributed by atoms with Crippen molar-refractivity contribution in [3.63, 3.8) is 0 Å². The smallest absolute Gasteiger partial charge is 0.252 e. The van der Waals surface area contributed by atoms with Crippen molar-refractivity contribution in [3.8, 4) is 0 Å². The molecule has 16 heavy (non-hydrogen) atoms. The SMILES string of the molecule is NC(=O)C1(NC(=O)c2ccncc2)CCC1. The molecule has 0 spiro atoms. The van der Waals surface area contributed by atoms with Gasteiger partial charge in [0.1, 0.15) is 5.54 Å². The third-order valence-electron chi connectivity index (χ3n) is 2.97. The van der Waals surface area contributed by atoms with Crippen molar-refractivity contribution < 1.29 is 9.59 Å². The molecule has 1 aromatic heterocycles. The van der Waals surface area contributed by atoms with Crippen LogP contribution in [0.2, 0.25) is 0 Å². The van der Waals surface area contributed by atoms with E-state index in [1.54, 1.807) is 12.1 Å². The number of pyridine rings is 1. The van der Waals surface area contributed by atoms with Crippen LogP contribution in [0.3, 0.4) is 0 Å². The first-order valence-electron chi connectivity index (χ1n) is 5.16. The van der Waals surface area contributed by atoms with Gasteiger partial charge in [-0.15, -0.1) is 0 Å². The molecule has 0 aromatic carbocycles. The Morgan fingerprint density at radius 1 is 1.31 bits per heavy atom. The third kappa shape index (κ3) is 1.76. The minimum absolute atomic E-state index is 0.277. The monoisotopic (exact) mass is 219 g/mol. The first kappa shape index (κ1) is 10.6. The van der Waals surface area contributed by atoms with E-state index < -0.39 is 11.4 Å². The molecule has 1 aliphatic carbocycles. The molecule has 0 bridgehead atoms. The van der Waals surface area contributed by atoms with Crippen LogP contribution in [0.1, 0.15) is 29.6 Å². The molecule has 0 saturated heterocycles. The fraction of sp³-hybridized carbons (Fsp3) is 0.364. The summed E-state index contributed by atoms with van der Waals surface area (Å²) in [4.78, 5) is 26.9. The highest BCUT2D eigenvalue weighted by molar-refractivity contribution is 5.99. The zero-order valence-electron chi connectivity index (χ0n) is 8.77. The Balaban J connectivity index is 2.10. The van der Waals surface area contributed by atoms with Crippen LogP contribution in [0.15, 0.2) is 24.5 Å². The number of hydrogen-bond donors (Lipinski definition) is 2. The van der Waals surface area contributed by atoms with Gasteiger partial charge in [0, 0.05) is 18.0 Å². The Kier molecular flexibility index (Phi) is 2.60. The van der Waals surface area contributed by atoms with Gasteiger partial charge in [0.2, 0.25) is 5.91 Å². The normalized spacial score (nSPS) is 17.2. The molecule has 0 aliphatic heterocycles. The highest BCUT2D eigenvalue weighted by atomic mass is 16.2. The molecule has 1 aliphatic rings. The Labute approximate surface area is 93.0 Å². The van der Waals surface area contributed by atoms with Crippen molar-refractivity contribution in [2.75, 3.05) is 0 Å². The molecule has 84 valence electrons. The molecule has 5 heteroatoms. The molecule has 0 unspecified atom stereocenters. The second-order valence-corrected chi connectivity index (χ2v) is 3.99. The second kappa shape index (κ2) is 3.92. The lowest BCUT2D eigenvalue weighted by atomic mass is 9.76. The number of primary amides is 1. The van der Waals surface area contributed by atoms with E-state index in [1.807, 2.05) is 0 Å². The Bertz CT molecular complexity index is 412. The van der Waals surface area contributed by atoms with Crippen molar-refractivity contribution in [2.24, 2.45) is 5.73 Å². The molecular weight excluding hydrogens is 206 g/mol. The number of nitrogens with zero attached hydrogens (tertiary/aromatic N) is 1. The number of rotatable bonds is 3. The minimum atomic E-state index is -0.833. The van der Waals surface area contributed by atoms with Crippen LogP contribution in [-0.2, 0) is 4.79 Å². The predicted molar refractivity (Wildman–Crippen MR) is 57.5 cm³/mol. The van der Waals surface area contributed by atoms with E-state index in [-0.39, 0.29) is 5.91 Å². The summed E-state index contributed by atoms with van der Waals surface area (Å²) in [5.41, 5.74) is 4.95. The summed E-state index contributed by atoms with van der Waals surface area (Å²) in [6.07, 6.45) is 5.23. The first-order valence-corrected chi connectivity index (χ1v) is 5.16. The molecule has 1 heterocycles. The number of carbonyl (C=O) groups excluding carboxylic acids is 2. The van der Waals surface area contributed by atoms with Crippen LogP contribution in [0.25, 0.3) is 0 Å². The molecule has 1 saturated carbocycles. The van der Waals surface area contributed by atoms with E-state index in [2.05, 4.69) is 10.3 Å². The summed E-state index contributed by atoms with van der Waals surface area (Å²) in [7, 11) is 0. The number of nitrogens with two attached hydrogens (primary N) is 1. The lowest BCUT2D eigenvalue weighted by Crippen LogP contribution is -2.61. The summed E-state index contributed by atoms with van der Waals surface area (Å²) in [5, 5.41) is 2.70. The van der Waals surface area contributed by atoms with Crippen LogP contribution < -0.4 is 11.1 Å². The molecule has 1 aromatic rings. The van der Waals surface area contributed by atoms with Crippen LogP contribution >= 0.6 is 0 Å². The molecule has 0 radical (unpaired) electrons. The van der Waals surface area contributed by atoms with Gasteiger partial charge in [0.25, 0.3) is 5.91 Å². The largest absolute Gasteiger partial charge is 0.368 e. The molecule has 2 amide bonds. The number of nitrogens with one attached hydrogen (secondary N) is 1. The molecular formula is C11H13N3O2. The van der Waals surface area contributed by atoms with Crippen LogP contribution in [0, 0.1) is 0 Å². The van der Waals surface area contributed by atoms with Crippen molar-refractivity contribution in [2.45, 2.75) is 24.8 Å². The maximum atomic E-state index is 11.8. The number of hydrogen-bond acceptors (Lipinski definition) is 3. The van der Waals surface area contributed by atoms with E-state index in [4.69, 9.17) is 5.73 Å². The third-order valence-corrected chi connectivity index (χ3v) is 2.97. The standard InChI is InChI=1S/C11H13N3O2/c12-10(16)11(4-1-5-11)14-9(15)8-2-6-13-7-3-8/h2-3,6-7H,1,4-5H2,(H2,12,16)(H,14,15). The fourth-order valence-corrected chi connectivity index (χ4v) is 1.76. The van der Waals surface area contributed by atoms with Crippen LogP contribution in [-0.4, -0.2) is 22.3 Å². The van der Waals surface area contributed by atoms with Crippen molar-refractivity contribution >= 4 is 11.8 Å². The van der Waals surface area contributed by atoms with Crippen LogP contribution in [0.4, 0.5) is 0 Å². The molecule has 2 rings (SSSR count). The second-order valence-electron chi connectivity index (χ2n) is 3.99. The Morgan fingerprint density at radius 3 is 2.38 bits per heavy atom. The summed E-state index contributed by atoms with van der Waals surface area (Å²) in [6.45, 7) is 0. The average Bonchev–Trinajstić information content (AvgIpc) is 2.24. The maximum Gasteiger partial charge on any atom is 0.252 e. The van der Waals surface area contributed by atoms with Gasteiger partial charge in [0.05, 0.1) is 0 Å². The van der Waals surface area contributed by atoms with E-state index in [9.17, 15) is 9.59 Å². The Hall–Kier alpha value is -1.91. The van der Waals surface area contributed by atoms with Crippen molar-refractivity contribution in [1.82, 2.24) is 10.3 Å². The van der Waals surface area contributed by atoms with Gasteiger partial charge in [-0.2, -0.15) is 0 Å². The van der Waals surface area contributed by atoms with Crippen molar-refractivity contribution in [3.05, 3.63) is 30.1 Å². The van der Waals surface area contributed by atoms with E-state index in [1.165, 1.54) is 12.4 Å². The van der Waals surface area contributed by atoms with Gasteiger partial charge in [-0.05, 0) is 31.4 Å².